The van der Waals surface area contributed by atoms with E-state index in [0.29, 0.717) is 13.0 Å². The molecule has 7 heteroatoms. The highest BCUT2D eigenvalue weighted by molar-refractivity contribution is 6.43. The largest absolute Gasteiger partial charge is 0.475 e. The quantitative estimate of drug-likeness (QED) is 0.548. The molecule has 1 fully saturated rings. The first-order chi connectivity index (χ1) is 12.5. The molecule has 0 spiro atoms. The molecule has 0 radical (unpaired) electrons. The van der Waals surface area contributed by atoms with E-state index in [1.807, 2.05) is 47.4 Å². The number of fused-ring (bicyclic) bond motifs is 1. The number of carbonyl (C=O) groups excluding carboxylic acids is 1. The molecule has 4 N–H and O–H groups in total. The van der Waals surface area contributed by atoms with E-state index in [1.54, 1.807) is 0 Å². The van der Waals surface area contributed by atoms with Crippen LogP contribution in [0.4, 0.5) is 0 Å². The molecule has 2 aromatic carbocycles. The zero-order valence-electron chi connectivity index (χ0n) is 14.7. The van der Waals surface area contributed by atoms with Gasteiger partial charge in [-0.2, -0.15) is 0 Å². The molecule has 1 heterocycles. The summed E-state index contributed by atoms with van der Waals surface area (Å²) in [5.74, 6) is -1.02. The van der Waals surface area contributed by atoms with Gasteiger partial charge in [-0.05, 0) is 35.6 Å². The summed E-state index contributed by atoms with van der Waals surface area (Å²) < 4.78 is 0. The molecule has 2 atom stereocenters. The summed E-state index contributed by atoms with van der Waals surface area (Å²) in [6, 6.07) is 13.9. The molecule has 1 amide bonds. The van der Waals surface area contributed by atoms with E-state index in [9.17, 15) is 19.9 Å². The maximum absolute atomic E-state index is 12.2. The van der Waals surface area contributed by atoms with Crippen molar-refractivity contribution in [2.45, 2.75) is 37.9 Å². The standard InChI is InChI=1S/C19H25BN2O4/c23-18(9-11-22-10-3-6-19(22)24)21-17(20(25)26)13-14-7-8-15-4-1-2-5-16(15)12-14/h1-2,4-5,7-8,12,17,19,24-26H,3,6,9-11,13H2,(H,21,23)/t17-,19?/m0/s1. The van der Waals surface area contributed by atoms with Crippen LogP contribution >= 0.6 is 0 Å². The van der Waals surface area contributed by atoms with Gasteiger partial charge < -0.3 is 20.5 Å². The summed E-state index contributed by atoms with van der Waals surface area (Å²) in [7, 11) is -1.64. The highest BCUT2D eigenvalue weighted by Gasteiger charge is 2.27. The number of likely N-dealkylation sites (tertiary alicyclic amines) is 1. The van der Waals surface area contributed by atoms with Gasteiger partial charge in [0.05, 0.1) is 5.94 Å². The van der Waals surface area contributed by atoms with E-state index in [-0.39, 0.29) is 12.3 Å². The molecular weight excluding hydrogens is 331 g/mol. The van der Waals surface area contributed by atoms with E-state index in [4.69, 9.17) is 0 Å². The minimum atomic E-state index is -1.64. The van der Waals surface area contributed by atoms with Crippen molar-refractivity contribution >= 4 is 23.8 Å². The van der Waals surface area contributed by atoms with E-state index < -0.39 is 19.3 Å². The second-order valence-electron chi connectivity index (χ2n) is 6.88. The van der Waals surface area contributed by atoms with Gasteiger partial charge >= 0.3 is 7.12 Å². The van der Waals surface area contributed by atoms with Gasteiger partial charge in [0.2, 0.25) is 5.91 Å². The fourth-order valence-corrected chi connectivity index (χ4v) is 3.44. The Morgan fingerprint density at radius 1 is 1.23 bits per heavy atom. The summed E-state index contributed by atoms with van der Waals surface area (Å²) in [6.45, 7) is 1.26. The third kappa shape index (κ3) is 4.83. The lowest BCUT2D eigenvalue weighted by Gasteiger charge is -2.21. The SMILES string of the molecule is O=C(CCN1CCCC1O)N[C@@H](Cc1ccc2ccccc2c1)B(O)O. The first-order valence-electron chi connectivity index (χ1n) is 9.08. The second kappa shape index (κ2) is 8.64. The zero-order chi connectivity index (χ0) is 18.5. The van der Waals surface area contributed by atoms with Crippen LogP contribution in [0, 0.1) is 0 Å². The third-order valence-corrected chi connectivity index (χ3v) is 4.93. The van der Waals surface area contributed by atoms with Crippen molar-refractivity contribution in [3.63, 3.8) is 0 Å². The summed E-state index contributed by atoms with van der Waals surface area (Å²) in [5, 5.41) is 34.0. The molecule has 3 rings (SSSR count). The lowest BCUT2D eigenvalue weighted by atomic mass is 9.75. The molecule has 0 aliphatic carbocycles. The Labute approximate surface area is 153 Å². The molecule has 1 unspecified atom stereocenters. The van der Waals surface area contributed by atoms with E-state index in [2.05, 4.69) is 5.32 Å². The normalized spacial score (nSPS) is 18.8. The molecule has 2 aromatic rings. The Bertz CT molecular complexity index is 755. The van der Waals surface area contributed by atoms with Crippen LogP contribution in [0.3, 0.4) is 0 Å². The number of rotatable bonds is 7. The van der Waals surface area contributed by atoms with Crippen LogP contribution in [0.1, 0.15) is 24.8 Å². The number of hydrogen-bond acceptors (Lipinski definition) is 5. The molecule has 0 bridgehead atoms. The van der Waals surface area contributed by atoms with Crippen molar-refractivity contribution in [2.24, 2.45) is 0 Å². The fraction of sp³-hybridized carbons (Fsp3) is 0.421. The minimum absolute atomic E-state index is 0.220. The van der Waals surface area contributed by atoms with Gasteiger partial charge in [0.15, 0.2) is 0 Å². The Kier molecular flexibility index (Phi) is 6.27. The highest BCUT2D eigenvalue weighted by Crippen LogP contribution is 2.17. The van der Waals surface area contributed by atoms with Crippen molar-refractivity contribution in [1.82, 2.24) is 10.2 Å². The highest BCUT2D eigenvalue weighted by atomic mass is 16.4. The average Bonchev–Trinajstić information content (AvgIpc) is 3.04. The third-order valence-electron chi connectivity index (χ3n) is 4.93. The first-order valence-corrected chi connectivity index (χ1v) is 9.08. The monoisotopic (exact) mass is 356 g/mol. The van der Waals surface area contributed by atoms with Gasteiger partial charge in [-0.3, -0.25) is 9.69 Å². The number of nitrogens with zero attached hydrogens (tertiary/aromatic N) is 1. The maximum Gasteiger partial charge on any atom is 0.475 e. The molecule has 1 aliphatic rings. The number of aliphatic hydroxyl groups is 1. The minimum Gasteiger partial charge on any atom is -0.426 e. The maximum atomic E-state index is 12.2. The van der Waals surface area contributed by atoms with Crippen LogP contribution in [-0.2, 0) is 11.2 Å². The fourth-order valence-electron chi connectivity index (χ4n) is 3.44. The first kappa shape index (κ1) is 18.9. The van der Waals surface area contributed by atoms with Crippen LogP contribution < -0.4 is 5.32 Å². The number of aliphatic hydroxyl groups excluding tert-OH is 1. The molecule has 1 saturated heterocycles. The van der Waals surface area contributed by atoms with Gasteiger partial charge in [-0.1, -0.05) is 42.5 Å². The van der Waals surface area contributed by atoms with E-state index in [1.165, 1.54) is 0 Å². The number of carbonyl (C=O) groups is 1. The molecule has 26 heavy (non-hydrogen) atoms. The topological polar surface area (TPSA) is 93.0 Å². The van der Waals surface area contributed by atoms with Crippen molar-refractivity contribution in [3.8, 4) is 0 Å². The van der Waals surface area contributed by atoms with Crippen LogP contribution in [0.15, 0.2) is 42.5 Å². The van der Waals surface area contributed by atoms with Crippen LogP contribution in [0.25, 0.3) is 10.8 Å². The van der Waals surface area contributed by atoms with E-state index in [0.717, 1.165) is 35.7 Å². The molecular formula is C19H25BN2O4. The Hall–Kier alpha value is -1.93. The Balaban J connectivity index is 1.58. The van der Waals surface area contributed by atoms with Crippen LogP contribution in [-0.4, -0.2) is 58.3 Å². The van der Waals surface area contributed by atoms with Gasteiger partial charge in [-0.25, -0.2) is 0 Å². The Morgan fingerprint density at radius 2 is 2.00 bits per heavy atom. The summed E-state index contributed by atoms with van der Waals surface area (Å²) >= 11 is 0. The van der Waals surface area contributed by atoms with Gasteiger partial charge in [0.1, 0.15) is 6.23 Å². The van der Waals surface area contributed by atoms with Crippen molar-refractivity contribution in [3.05, 3.63) is 48.0 Å². The summed E-state index contributed by atoms with van der Waals surface area (Å²) in [6.07, 6.45) is 1.75. The molecule has 1 aliphatic heterocycles. The van der Waals surface area contributed by atoms with Crippen LogP contribution in [0.5, 0.6) is 0 Å². The average molecular weight is 356 g/mol. The lowest BCUT2D eigenvalue weighted by molar-refractivity contribution is -0.122. The second-order valence-corrected chi connectivity index (χ2v) is 6.88. The smallest absolute Gasteiger partial charge is 0.426 e. The Morgan fingerprint density at radius 3 is 2.69 bits per heavy atom. The predicted molar refractivity (Wildman–Crippen MR) is 101 cm³/mol. The molecule has 138 valence electrons. The van der Waals surface area contributed by atoms with Crippen LogP contribution in [0.2, 0.25) is 0 Å². The van der Waals surface area contributed by atoms with Crippen molar-refractivity contribution < 1.29 is 19.9 Å². The zero-order valence-corrected chi connectivity index (χ0v) is 14.7. The summed E-state index contributed by atoms with van der Waals surface area (Å²) in [5.41, 5.74) is 0.928. The van der Waals surface area contributed by atoms with Gasteiger partial charge in [0, 0.05) is 19.5 Å². The van der Waals surface area contributed by atoms with Gasteiger partial charge in [0.25, 0.3) is 0 Å². The number of amides is 1. The number of benzene rings is 2. The van der Waals surface area contributed by atoms with Crippen molar-refractivity contribution in [2.75, 3.05) is 13.1 Å². The molecule has 0 aromatic heterocycles. The predicted octanol–water partition coefficient (Wildman–Crippen LogP) is 0.683. The molecule has 6 nitrogen and oxygen atoms in total. The number of nitrogens with one attached hydrogen (secondary N) is 1. The van der Waals surface area contributed by atoms with Crippen molar-refractivity contribution in [1.29, 1.82) is 0 Å². The lowest BCUT2D eigenvalue weighted by Crippen LogP contribution is -2.48. The molecule has 0 saturated carbocycles. The van der Waals surface area contributed by atoms with Gasteiger partial charge in [-0.15, -0.1) is 0 Å². The van der Waals surface area contributed by atoms with E-state index >= 15 is 0 Å². The number of hydrogen-bond donors (Lipinski definition) is 4. The summed E-state index contributed by atoms with van der Waals surface area (Å²) in [4.78, 5) is 14.1.